The number of carbonyl (C=O) groups is 1. The molecule has 1 N–H and O–H groups in total. The highest BCUT2D eigenvalue weighted by molar-refractivity contribution is 6.30. The van der Waals surface area contributed by atoms with Gasteiger partial charge in [0.05, 0.1) is 17.6 Å². The fourth-order valence-corrected chi connectivity index (χ4v) is 3.34. The zero-order chi connectivity index (χ0) is 21.1. The van der Waals surface area contributed by atoms with Gasteiger partial charge in [-0.1, -0.05) is 18.5 Å². The fraction of sp³-hybridized carbons (Fsp3) is 0.333. The minimum atomic E-state index is -1.02. The standard InChI is InChI=1S/C21H21ClF2N2O3/c1-12(21(27)28)7-14-9-18(23)20(19(24)10-14)29-11-17-8-13(2)25-26(17)16-5-3-15(22)4-6-16/h3-6,9-10,12,17H,7-8,11H2,1-2H3,(H,27,28)/t12-,17?/m0/s1. The van der Waals surface area contributed by atoms with Gasteiger partial charge >= 0.3 is 5.97 Å². The van der Waals surface area contributed by atoms with Crippen LogP contribution in [-0.4, -0.2) is 29.4 Å². The molecule has 0 radical (unpaired) electrons. The molecule has 1 aliphatic heterocycles. The van der Waals surface area contributed by atoms with E-state index in [1.165, 1.54) is 6.92 Å². The fourth-order valence-electron chi connectivity index (χ4n) is 3.21. The van der Waals surface area contributed by atoms with Crippen LogP contribution < -0.4 is 9.75 Å². The lowest BCUT2D eigenvalue weighted by atomic mass is 10.0. The van der Waals surface area contributed by atoms with Gasteiger partial charge in [-0.2, -0.15) is 5.10 Å². The van der Waals surface area contributed by atoms with Crippen molar-refractivity contribution in [3.8, 4) is 5.75 Å². The Hall–Kier alpha value is -2.67. The maximum Gasteiger partial charge on any atom is 0.306 e. The van der Waals surface area contributed by atoms with Crippen LogP contribution in [0, 0.1) is 17.6 Å². The molecule has 0 saturated heterocycles. The number of ether oxygens (including phenoxy) is 1. The van der Waals surface area contributed by atoms with Gasteiger partial charge in [-0.05, 0) is 55.3 Å². The molecule has 5 nitrogen and oxygen atoms in total. The summed E-state index contributed by atoms with van der Waals surface area (Å²) in [5.41, 5.74) is 1.95. The summed E-state index contributed by atoms with van der Waals surface area (Å²) in [7, 11) is 0. The van der Waals surface area contributed by atoms with Crippen molar-refractivity contribution in [2.75, 3.05) is 11.6 Å². The van der Waals surface area contributed by atoms with Crippen LogP contribution in [-0.2, 0) is 11.2 Å². The Labute approximate surface area is 172 Å². The second kappa shape index (κ2) is 8.78. The first-order chi connectivity index (χ1) is 13.7. The minimum absolute atomic E-state index is 0.0299. The molecule has 1 unspecified atom stereocenters. The first-order valence-electron chi connectivity index (χ1n) is 9.17. The Morgan fingerprint density at radius 1 is 1.31 bits per heavy atom. The van der Waals surface area contributed by atoms with Gasteiger partial charge in [0.15, 0.2) is 17.4 Å². The summed E-state index contributed by atoms with van der Waals surface area (Å²) in [6, 6.07) is 9.13. The second-order valence-corrected chi connectivity index (χ2v) is 7.59. The van der Waals surface area contributed by atoms with Crippen LogP contribution in [0.15, 0.2) is 41.5 Å². The predicted octanol–water partition coefficient (Wildman–Crippen LogP) is 4.92. The maximum atomic E-state index is 14.4. The normalized spacial score (nSPS) is 17.2. The van der Waals surface area contributed by atoms with E-state index in [0.29, 0.717) is 11.4 Å². The van der Waals surface area contributed by atoms with E-state index in [1.54, 1.807) is 17.1 Å². The van der Waals surface area contributed by atoms with Gasteiger partial charge in [0.1, 0.15) is 6.61 Å². The minimum Gasteiger partial charge on any atom is -0.485 e. The molecule has 2 aromatic carbocycles. The summed E-state index contributed by atoms with van der Waals surface area (Å²) in [5.74, 6) is -3.95. The molecule has 0 aliphatic carbocycles. The third-order valence-electron chi connectivity index (χ3n) is 4.69. The van der Waals surface area contributed by atoms with E-state index in [2.05, 4.69) is 5.10 Å². The SMILES string of the molecule is CC1=NN(c2ccc(Cl)cc2)C(COc2c(F)cc(C[C@H](C)C(=O)O)cc2F)C1. The molecule has 0 spiro atoms. The lowest BCUT2D eigenvalue weighted by molar-refractivity contribution is -0.141. The van der Waals surface area contributed by atoms with Crippen LogP contribution in [0.25, 0.3) is 0 Å². The van der Waals surface area contributed by atoms with Gasteiger partial charge in [0.2, 0.25) is 0 Å². The molecule has 2 aromatic rings. The van der Waals surface area contributed by atoms with Gasteiger partial charge in [-0.3, -0.25) is 9.80 Å². The number of halogens is 3. The summed E-state index contributed by atoms with van der Waals surface area (Å²) in [6.07, 6.45) is 0.629. The van der Waals surface area contributed by atoms with Crippen molar-refractivity contribution in [2.45, 2.75) is 32.7 Å². The molecule has 8 heteroatoms. The van der Waals surface area contributed by atoms with E-state index in [0.717, 1.165) is 23.5 Å². The second-order valence-electron chi connectivity index (χ2n) is 7.16. The number of nitrogens with zero attached hydrogens (tertiary/aromatic N) is 2. The van der Waals surface area contributed by atoms with Crippen molar-refractivity contribution >= 4 is 29.0 Å². The summed E-state index contributed by atoms with van der Waals surface area (Å²) in [4.78, 5) is 10.9. The van der Waals surface area contributed by atoms with Crippen molar-refractivity contribution in [1.29, 1.82) is 0 Å². The number of aliphatic carboxylic acids is 1. The number of hydrogen-bond donors (Lipinski definition) is 1. The average molecular weight is 423 g/mol. The molecule has 0 bridgehead atoms. The smallest absolute Gasteiger partial charge is 0.306 e. The quantitative estimate of drug-likeness (QED) is 0.688. The molecule has 1 aliphatic rings. The van der Waals surface area contributed by atoms with E-state index in [1.807, 2.05) is 19.1 Å². The number of hydrogen-bond acceptors (Lipinski definition) is 4. The molecule has 1 heterocycles. The molecule has 29 heavy (non-hydrogen) atoms. The molecular formula is C21H21ClF2N2O3. The molecule has 2 atom stereocenters. The van der Waals surface area contributed by atoms with Crippen molar-refractivity contribution in [3.63, 3.8) is 0 Å². The van der Waals surface area contributed by atoms with Crippen LogP contribution in [0.2, 0.25) is 5.02 Å². The molecule has 0 fully saturated rings. The Morgan fingerprint density at radius 3 is 2.52 bits per heavy atom. The lowest BCUT2D eigenvalue weighted by Crippen LogP contribution is -2.32. The van der Waals surface area contributed by atoms with Gasteiger partial charge in [0.25, 0.3) is 0 Å². The highest BCUT2D eigenvalue weighted by Gasteiger charge is 2.27. The topological polar surface area (TPSA) is 62.1 Å². The average Bonchev–Trinajstić information content (AvgIpc) is 3.02. The third-order valence-corrected chi connectivity index (χ3v) is 4.94. The van der Waals surface area contributed by atoms with E-state index < -0.39 is 29.3 Å². The van der Waals surface area contributed by atoms with Crippen LogP contribution in [0.1, 0.15) is 25.8 Å². The lowest BCUT2D eigenvalue weighted by Gasteiger charge is -2.24. The number of rotatable bonds is 7. The van der Waals surface area contributed by atoms with Gasteiger partial charge in [-0.15, -0.1) is 0 Å². The van der Waals surface area contributed by atoms with Crippen LogP contribution in [0.5, 0.6) is 5.75 Å². The van der Waals surface area contributed by atoms with Crippen LogP contribution in [0.4, 0.5) is 14.5 Å². The van der Waals surface area contributed by atoms with E-state index in [-0.39, 0.29) is 24.6 Å². The Morgan fingerprint density at radius 2 is 1.93 bits per heavy atom. The van der Waals surface area contributed by atoms with E-state index in [4.69, 9.17) is 21.4 Å². The van der Waals surface area contributed by atoms with Gasteiger partial charge < -0.3 is 9.84 Å². The number of hydrazone groups is 1. The van der Waals surface area contributed by atoms with Crippen LogP contribution >= 0.6 is 11.6 Å². The van der Waals surface area contributed by atoms with Crippen LogP contribution in [0.3, 0.4) is 0 Å². The van der Waals surface area contributed by atoms with Crippen molar-refractivity contribution in [2.24, 2.45) is 11.0 Å². The van der Waals surface area contributed by atoms with Crippen molar-refractivity contribution < 1.29 is 23.4 Å². The number of carboxylic acids is 1. The van der Waals surface area contributed by atoms with Crippen molar-refractivity contribution in [1.82, 2.24) is 0 Å². The molecule has 154 valence electrons. The number of benzene rings is 2. The highest BCUT2D eigenvalue weighted by Crippen LogP contribution is 2.29. The number of carboxylic acid groups (broad SMARTS) is 1. The van der Waals surface area contributed by atoms with E-state index >= 15 is 0 Å². The Kier molecular flexibility index (Phi) is 6.37. The molecule has 0 saturated carbocycles. The molecule has 3 rings (SSSR count). The summed E-state index contributed by atoms with van der Waals surface area (Å²) in [5, 5.41) is 15.8. The third kappa shape index (κ3) is 5.03. The van der Waals surface area contributed by atoms with Crippen molar-refractivity contribution in [3.05, 3.63) is 58.6 Å². The Balaban J connectivity index is 1.71. The zero-order valence-corrected chi connectivity index (χ0v) is 16.8. The molecular weight excluding hydrogens is 402 g/mol. The van der Waals surface area contributed by atoms with Gasteiger partial charge in [-0.25, -0.2) is 8.78 Å². The predicted molar refractivity (Wildman–Crippen MR) is 108 cm³/mol. The first kappa shape index (κ1) is 21.0. The monoisotopic (exact) mass is 422 g/mol. The first-order valence-corrected chi connectivity index (χ1v) is 9.54. The molecule has 0 aromatic heterocycles. The summed E-state index contributed by atoms with van der Waals surface area (Å²) >= 11 is 5.93. The molecule has 0 amide bonds. The number of anilines is 1. The Bertz CT molecular complexity index is 911. The summed E-state index contributed by atoms with van der Waals surface area (Å²) < 4.78 is 34.3. The van der Waals surface area contributed by atoms with E-state index in [9.17, 15) is 13.6 Å². The summed E-state index contributed by atoms with van der Waals surface area (Å²) in [6.45, 7) is 3.39. The zero-order valence-electron chi connectivity index (χ0n) is 16.0. The maximum absolute atomic E-state index is 14.4. The van der Waals surface area contributed by atoms with Gasteiger partial charge in [0, 0.05) is 17.2 Å². The largest absolute Gasteiger partial charge is 0.485 e. The highest BCUT2D eigenvalue weighted by atomic mass is 35.5.